The molecule has 2 heterocycles. The van der Waals surface area contributed by atoms with Gasteiger partial charge in [0.15, 0.2) is 0 Å². The van der Waals surface area contributed by atoms with Crippen molar-refractivity contribution in [2.45, 2.75) is 25.3 Å². The van der Waals surface area contributed by atoms with Crippen LogP contribution in [0.2, 0.25) is 0 Å². The zero-order valence-electron chi connectivity index (χ0n) is 16.5. The number of hydrogen-bond donors (Lipinski definition) is 1. The van der Waals surface area contributed by atoms with Crippen LogP contribution < -0.4 is 14.8 Å². The lowest BCUT2D eigenvalue weighted by Crippen LogP contribution is -2.46. The van der Waals surface area contributed by atoms with E-state index in [1.54, 1.807) is 26.1 Å². The van der Waals surface area contributed by atoms with Crippen molar-refractivity contribution in [1.82, 2.24) is 4.90 Å². The first-order valence-electron chi connectivity index (χ1n) is 9.27. The van der Waals surface area contributed by atoms with E-state index in [-0.39, 0.29) is 23.3 Å². The molecule has 1 N–H and O–H groups in total. The highest BCUT2D eigenvalue weighted by Gasteiger charge is 2.47. The lowest BCUT2D eigenvalue weighted by atomic mass is 9.65. The normalized spacial score (nSPS) is 21.7. The fraction of sp³-hybridized carbons (Fsp3) is 0.409. The summed E-state index contributed by atoms with van der Waals surface area (Å²) in [6, 6.07) is 12.0. The smallest absolute Gasteiger partial charge is 0.253 e. The van der Waals surface area contributed by atoms with Gasteiger partial charge in [0, 0.05) is 36.7 Å². The van der Waals surface area contributed by atoms with Crippen LogP contribution in [0.3, 0.4) is 0 Å². The Hall–Kier alpha value is -2.69. The van der Waals surface area contributed by atoms with Gasteiger partial charge >= 0.3 is 0 Å². The minimum Gasteiger partial charge on any atom is -0.496 e. The Bertz CT molecular complexity index is 890. The molecule has 0 saturated carbocycles. The summed E-state index contributed by atoms with van der Waals surface area (Å²) in [5.41, 5.74) is 3.84. The largest absolute Gasteiger partial charge is 0.496 e. The zero-order chi connectivity index (χ0) is 19.3. The molecule has 4 rings (SSSR count). The third kappa shape index (κ3) is 2.64. The quantitative estimate of drug-likeness (QED) is 0.877. The van der Waals surface area contributed by atoms with Gasteiger partial charge in [0.2, 0.25) is 0 Å². The summed E-state index contributed by atoms with van der Waals surface area (Å²) in [4.78, 5) is 14.0. The molecular formula is C22H26N2O3. The predicted molar refractivity (Wildman–Crippen MR) is 106 cm³/mol. The molecule has 5 heteroatoms. The van der Waals surface area contributed by atoms with E-state index < -0.39 is 0 Å². The molecule has 5 nitrogen and oxygen atoms in total. The first-order chi connectivity index (χ1) is 12.8. The highest BCUT2D eigenvalue weighted by atomic mass is 16.5. The van der Waals surface area contributed by atoms with E-state index in [9.17, 15) is 4.79 Å². The molecule has 2 aromatic rings. The van der Waals surface area contributed by atoms with Crippen LogP contribution in [0.1, 0.15) is 41.4 Å². The van der Waals surface area contributed by atoms with Crippen LogP contribution in [0.4, 0.5) is 5.69 Å². The van der Waals surface area contributed by atoms with Gasteiger partial charge in [-0.05, 0) is 35.9 Å². The number of rotatable bonds is 2. The molecule has 2 aliphatic rings. The molecule has 2 aromatic carbocycles. The molecule has 0 saturated heterocycles. The van der Waals surface area contributed by atoms with Crippen molar-refractivity contribution in [3.05, 3.63) is 53.1 Å². The molecule has 0 spiro atoms. The highest BCUT2D eigenvalue weighted by molar-refractivity contribution is 5.94. The molecule has 0 aromatic heterocycles. The predicted octanol–water partition coefficient (Wildman–Crippen LogP) is 3.85. The first kappa shape index (κ1) is 17.7. The topological polar surface area (TPSA) is 50.8 Å². The summed E-state index contributed by atoms with van der Waals surface area (Å²) in [6.45, 7) is 5.09. The number of methoxy groups -OCH3 is 1. The monoisotopic (exact) mass is 366 g/mol. The third-order valence-electron chi connectivity index (χ3n) is 5.98. The molecule has 142 valence electrons. The number of carbonyl (C=O) groups excluding carboxylic acids is 1. The number of benzene rings is 2. The van der Waals surface area contributed by atoms with Gasteiger partial charge in [-0.2, -0.15) is 0 Å². The van der Waals surface area contributed by atoms with Crippen LogP contribution in [-0.2, 0) is 5.41 Å². The summed E-state index contributed by atoms with van der Waals surface area (Å²) in [6.07, 6.45) is 0. The summed E-state index contributed by atoms with van der Waals surface area (Å²) >= 11 is 0. The van der Waals surface area contributed by atoms with E-state index in [1.807, 2.05) is 36.4 Å². The number of amides is 1. The maximum absolute atomic E-state index is 12.4. The van der Waals surface area contributed by atoms with Crippen LogP contribution in [0.25, 0.3) is 0 Å². The molecule has 27 heavy (non-hydrogen) atoms. The molecular weight excluding hydrogens is 340 g/mol. The van der Waals surface area contributed by atoms with Crippen LogP contribution in [0.15, 0.2) is 36.4 Å². The third-order valence-corrected chi connectivity index (χ3v) is 5.98. The van der Waals surface area contributed by atoms with Crippen LogP contribution in [-0.4, -0.2) is 38.6 Å². The SMILES string of the molecule is COc1cccc2c1C1Nc3ccc(C(=O)N(C)C)cc3C(C)(C)C1CO2. The Balaban J connectivity index is 1.83. The average molecular weight is 366 g/mol. The Morgan fingerprint density at radius 2 is 2.04 bits per heavy atom. The van der Waals surface area contributed by atoms with Crippen molar-refractivity contribution in [3.63, 3.8) is 0 Å². The summed E-state index contributed by atoms with van der Waals surface area (Å²) in [5, 5.41) is 3.70. The maximum Gasteiger partial charge on any atom is 0.253 e. The molecule has 2 atom stereocenters. The van der Waals surface area contributed by atoms with Crippen molar-refractivity contribution in [1.29, 1.82) is 0 Å². The minimum absolute atomic E-state index is 0.0163. The van der Waals surface area contributed by atoms with Gasteiger partial charge in [0.25, 0.3) is 5.91 Å². The number of fused-ring (bicyclic) bond motifs is 4. The van der Waals surface area contributed by atoms with E-state index in [0.29, 0.717) is 12.2 Å². The van der Waals surface area contributed by atoms with Gasteiger partial charge in [0.05, 0.1) is 25.3 Å². The first-order valence-corrected chi connectivity index (χ1v) is 9.27. The van der Waals surface area contributed by atoms with Gasteiger partial charge in [0.1, 0.15) is 11.5 Å². The van der Waals surface area contributed by atoms with Crippen LogP contribution in [0, 0.1) is 5.92 Å². The van der Waals surface area contributed by atoms with Crippen molar-refractivity contribution in [3.8, 4) is 11.5 Å². The summed E-state index contributed by atoms with van der Waals surface area (Å²) < 4.78 is 11.7. The Labute approximate surface area is 160 Å². The minimum atomic E-state index is -0.160. The van der Waals surface area contributed by atoms with Crippen molar-refractivity contribution in [2.24, 2.45) is 5.92 Å². The summed E-state index contributed by atoms with van der Waals surface area (Å²) in [7, 11) is 5.25. The fourth-order valence-corrected chi connectivity index (χ4v) is 4.37. The number of anilines is 1. The standard InChI is InChI=1S/C22H26N2O3/c1-22(2)14-11-13(21(25)24(3)4)9-10-16(14)23-20-15(22)12-27-18-8-6-7-17(26-5)19(18)20/h6-11,15,20,23H,12H2,1-5H3. The molecule has 1 amide bonds. The average Bonchev–Trinajstić information content (AvgIpc) is 2.66. The van der Waals surface area contributed by atoms with Crippen molar-refractivity contribution >= 4 is 11.6 Å². The van der Waals surface area contributed by atoms with Gasteiger partial charge in [-0.15, -0.1) is 0 Å². The molecule has 0 fully saturated rings. The molecule has 0 bridgehead atoms. The second-order valence-corrected chi connectivity index (χ2v) is 8.09. The van der Waals surface area contributed by atoms with Crippen molar-refractivity contribution < 1.29 is 14.3 Å². The van der Waals surface area contributed by atoms with Crippen LogP contribution in [0.5, 0.6) is 11.5 Å². The molecule has 0 aliphatic carbocycles. The highest BCUT2D eigenvalue weighted by Crippen LogP contribution is 2.54. The summed E-state index contributed by atoms with van der Waals surface area (Å²) in [5.74, 6) is 1.95. The number of hydrogen-bond acceptors (Lipinski definition) is 4. The Morgan fingerprint density at radius 1 is 1.26 bits per heavy atom. The lowest BCUT2D eigenvalue weighted by molar-refractivity contribution is 0.0827. The van der Waals surface area contributed by atoms with Gasteiger partial charge in [-0.3, -0.25) is 4.79 Å². The van der Waals surface area contributed by atoms with Gasteiger partial charge in [-0.1, -0.05) is 19.9 Å². The van der Waals surface area contributed by atoms with E-state index >= 15 is 0 Å². The van der Waals surface area contributed by atoms with E-state index in [4.69, 9.17) is 9.47 Å². The van der Waals surface area contributed by atoms with E-state index in [0.717, 1.165) is 28.3 Å². The zero-order valence-corrected chi connectivity index (χ0v) is 16.5. The second-order valence-electron chi connectivity index (χ2n) is 8.09. The number of nitrogens with zero attached hydrogens (tertiary/aromatic N) is 1. The van der Waals surface area contributed by atoms with E-state index in [2.05, 4.69) is 19.2 Å². The van der Waals surface area contributed by atoms with Crippen molar-refractivity contribution in [2.75, 3.05) is 33.1 Å². The number of ether oxygens (including phenoxy) is 2. The second kappa shape index (κ2) is 6.19. The lowest BCUT2D eigenvalue weighted by Gasteiger charge is -2.48. The molecule has 2 unspecified atom stereocenters. The molecule has 2 aliphatic heterocycles. The van der Waals surface area contributed by atoms with Gasteiger partial charge < -0.3 is 19.7 Å². The van der Waals surface area contributed by atoms with Crippen LogP contribution >= 0.6 is 0 Å². The maximum atomic E-state index is 12.4. The van der Waals surface area contributed by atoms with E-state index in [1.165, 1.54) is 0 Å². The van der Waals surface area contributed by atoms with Gasteiger partial charge in [-0.25, -0.2) is 0 Å². The Kier molecular flexibility index (Phi) is 4.06. The Morgan fingerprint density at radius 3 is 2.74 bits per heavy atom. The fourth-order valence-electron chi connectivity index (χ4n) is 4.37. The number of nitrogens with one attached hydrogen (secondary N) is 1. The number of carbonyl (C=O) groups is 1. The molecule has 0 radical (unpaired) electrons.